The lowest BCUT2D eigenvalue weighted by Crippen LogP contribution is -2.52. The maximum atomic E-state index is 13.3. The molecule has 0 spiro atoms. The molecule has 0 saturated carbocycles. The molecule has 2 aromatic carbocycles. The number of carbonyl (C=O) groups excluding carboxylic acids is 2. The fourth-order valence-corrected chi connectivity index (χ4v) is 3.87. The van der Waals surface area contributed by atoms with Crippen LogP contribution in [0.1, 0.15) is 30.6 Å². The predicted molar refractivity (Wildman–Crippen MR) is 125 cm³/mol. The van der Waals surface area contributed by atoms with Crippen LogP contribution >= 0.6 is 0 Å². The van der Waals surface area contributed by atoms with Gasteiger partial charge in [-0.2, -0.15) is 0 Å². The highest BCUT2D eigenvalue weighted by Crippen LogP contribution is 2.21. The van der Waals surface area contributed by atoms with Crippen LogP contribution in [-0.2, 0) is 4.79 Å². The zero-order valence-electron chi connectivity index (χ0n) is 19.3. The second-order valence-electron chi connectivity index (χ2n) is 8.29. The monoisotopic (exact) mass is 439 g/mol. The molecule has 1 saturated heterocycles. The van der Waals surface area contributed by atoms with Crippen molar-refractivity contribution in [2.45, 2.75) is 26.3 Å². The highest BCUT2D eigenvalue weighted by atomic mass is 16.5. The quantitative estimate of drug-likeness (QED) is 0.717. The van der Waals surface area contributed by atoms with Gasteiger partial charge in [0.15, 0.2) is 0 Å². The van der Waals surface area contributed by atoms with Crippen LogP contribution < -0.4 is 19.7 Å². The van der Waals surface area contributed by atoms with Gasteiger partial charge in [-0.25, -0.2) is 0 Å². The number of hydrogen-bond acceptors (Lipinski definition) is 5. The van der Waals surface area contributed by atoms with E-state index in [4.69, 9.17) is 9.47 Å². The van der Waals surface area contributed by atoms with E-state index in [1.54, 1.807) is 38.5 Å². The second kappa shape index (κ2) is 10.9. The van der Waals surface area contributed by atoms with Gasteiger partial charge in [0.2, 0.25) is 5.91 Å². The lowest BCUT2D eigenvalue weighted by atomic mass is 10.0. The average molecular weight is 440 g/mol. The number of amides is 2. The third-order valence-electron chi connectivity index (χ3n) is 5.82. The van der Waals surface area contributed by atoms with Gasteiger partial charge in [-0.3, -0.25) is 9.59 Å². The zero-order valence-corrected chi connectivity index (χ0v) is 19.3. The van der Waals surface area contributed by atoms with Crippen LogP contribution in [-0.4, -0.2) is 63.2 Å². The molecule has 1 N–H and O–H groups in total. The minimum Gasteiger partial charge on any atom is -0.497 e. The molecule has 1 aliphatic rings. The third-order valence-corrected chi connectivity index (χ3v) is 5.82. The Balaban J connectivity index is 1.64. The number of hydrogen-bond donors (Lipinski definition) is 1. The van der Waals surface area contributed by atoms with Crippen LogP contribution in [0.15, 0.2) is 48.5 Å². The average Bonchev–Trinajstić information content (AvgIpc) is 3.08. The Labute approximate surface area is 190 Å². The maximum absolute atomic E-state index is 13.3. The molecule has 0 aromatic heterocycles. The Hall–Kier alpha value is -3.22. The molecule has 7 nitrogen and oxygen atoms in total. The van der Waals surface area contributed by atoms with Crippen molar-refractivity contribution in [3.8, 4) is 11.5 Å². The minimum atomic E-state index is -0.572. The molecule has 0 aliphatic carbocycles. The molecular formula is C25H33N3O4. The van der Waals surface area contributed by atoms with Crippen LogP contribution in [0.4, 0.5) is 5.69 Å². The second-order valence-corrected chi connectivity index (χ2v) is 8.29. The van der Waals surface area contributed by atoms with E-state index in [2.05, 4.69) is 10.2 Å². The molecule has 3 rings (SSSR count). The van der Waals surface area contributed by atoms with Gasteiger partial charge in [-0.1, -0.05) is 13.8 Å². The summed E-state index contributed by atoms with van der Waals surface area (Å²) >= 11 is 0. The van der Waals surface area contributed by atoms with Gasteiger partial charge >= 0.3 is 0 Å². The lowest BCUT2D eigenvalue weighted by Gasteiger charge is -2.29. The lowest BCUT2D eigenvalue weighted by molar-refractivity contribution is -0.134. The molecule has 1 atom stereocenters. The van der Waals surface area contributed by atoms with E-state index in [1.807, 2.05) is 43.0 Å². The van der Waals surface area contributed by atoms with E-state index in [-0.39, 0.29) is 17.7 Å². The normalized spacial score (nSPS) is 15.2. The molecule has 2 aromatic rings. The summed E-state index contributed by atoms with van der Waals surface area (Å²) in [5, 5.41) is 2.94. The summed E-state index contributed by atoms with van der Waals surface area (Å²) in [5.41, 5.74) is 1.62. The summed E-state index contributed by atoms with van der Waals surface area (Å²) in [5.74, 6) is 1.20. The minimum absolute atomic E-state index is 0.0226. The standard InChI is InChI=1S/C25H33N3O4/c1-18(2)23(26-24(29)19-6-10-21(31-3)11-7-19)25(30)28-15-5-14-27(16-17-28)20-8-12-22(32-4)13-9-20/h6-13,18,23H,5,14-17H2,1-4H3,(H,26,29). The Morgan fingerprint density at radius 3 is 2.00 bits per heavy atom. The van der Waals surface area contributed by atoms with Gasteiger partial charge in [-0.15, -0.1) is 0 Å². The summed E-state index contributed by atoms with van der Waals surface area (Å²) < 4.78 is 10.4. The van der Waals surface area contributed by atoms with Crippen molar-refractivity contribution in [1.29, 1.82) is 0 Å². The van der Waals surface area contributed by atoms with Crippen LogP contribution in [0.5, 0.6) is 11.5 Å². The van der Waals surface area contributed by atoms with Crippen molar-refractivity contribution in [2.24, 2.45) is 5.92 Å². The van der Waals surface area contributed by atoms with E-state index >= 15 is 0 Å². The predicted octanol–water partition coefficient (Wildman–Crippen LogP) is 3.20. The maximum Gasteiger partial charge on any atom is 0.251 e. The topological polar surface area (TPSA) is 71.1 Å². The summed E-state index contributed by atoms with van der Waals surface area (Å²) in [6.45, 7) is 6.83. The van der Waals surface area contributed by atoms with E-state index in [0.29, 0.717) is 24.4 Å². The van der Waals surface area contributed by atoms with Crippen molar-refractivity contribution < 1.29 is 19.1 Å². The summed E-state index contributed by atoms with van der Waals surface area (Å²) in [7, 11) is 3.24. The molecule has 7 heteroatoms. The molecule has 0 radical (unpaired) electrons. The highest BCUT2D eigenvalue weighted by Gasteiger charge is 2.30. The van der Waals surface area contributed by atoms with Gasteiger partial charge in [0.05, 0.1) is 14.2 Å². The zero-order chi connectivity index (χ0) is 23.1. The number of anilines is 1. The van der Waals surface area contributed by atoms with Crippen molar-refractivity contribution in [2.75, 3.05) is 45.3 Å². The van der Waals surface area contributed by atoms with E-state index in [0.717, 1.165) is 30.9 Å². The van der Waals surface area contributed by atoms with Gasteiger partial charge in [0.25, 0.3) is 5.91 Å². The van der Waals surface area contributed by atoms with Crippen LogP contribution in [0, 0.1) is 5.92 Å². The fourth-order valence-electron chi connectivity index (χ4n) is 3.87. The van der Waals surface area contributed by atoms with Gasteiger partial charge in [0.1, 0.15) is 17.5 Å². The Morgan fingerprint density at radius 2 is 1.44 bits per heavy atom. The Bertz CT molecular complexity index is 896. The first-order valence-corrected chi connectivity index (χ1v) is 11.1. The van der Waals surface area contributed by atoms with Crippen LogP contribution in [0.2, 0.25) is 0 Å². The summed E-state index contributed by atoms with van der Waals surface area (Å²) in [6.07, 6.45) is 0.870. The first kappa shape index (κ1) is 23.4. The number of ether oxygens (including phenoxy) is 2. The van der Waals surface area contributed by atoms with Crippen molar-refractivity contribution in [3.63, 3.8) is 0 Å². The summed E-state index contributed by atoms with van der Waals surface area (Å²) in [6, 6.07) is 14.3. The van der Waals surface area contributed by atoms with E-state index < -0.39 is 6.04 Å². The fraction of sp³-hybridized carbons (Fsp3) is 0.440. The highest BCUT2D eigenvalue weighted by molar-refractivity contribution is 5.97. The SMILES string of the molecule is COc1ccc(C(=O)NC(C(=O)N2CCCN(c3ccc(OC)cc3)CC2)C(C)C)cc1. The molecular weight excluding hydrogens is 406 g/mol. The largest absolute Gasteiger partial charge is 0.497 e. The van der Waals surface area contributed by atoms with Crippen molar-refractivity contribution >= 4 is 17.5 Å². The van der Waals surface area contributed by atoms with Crippen molar-refractivity contribution in [3.05, 3.63) is 54.1 Å². The van der Waals surface area contributed by atoms with Gasteiger partial charge in [-0.05, 0) is 60.9 Å². The molecule has 1 aliphatic heterocycles. The van der Waals surface area contributed by atoms with E-state index in [9.17, 15) is 9.59 Å². The molecule has 2 amide bonds. The number of nitrogens with one attached hydrogen (secondary N) is 1. The number of rotatable bonds is 7. The molecule has 0 bridgehead atoms. The first-order chi connectivity index (χ1) is 15.4. The van der Waals surface area contributed by atoms with E-state index in [1.165, 1.54) is 0 Å². The Kier molecular flexibility index (Phi) is 7.98. The van der Waals surface area contributed by atoms with Crippen LogP contribution in [0.25, 0.3) is 0 Å². The number of nitrogens with zero attached hydrogens (tertiary/aromatic N) is 2. The molecule has 1 heterocycles. The number of carbonyl (C=O) groups is 2. The molecule has 1 fully saturated rings. The molecule has 32 heavy (non-hydrogen) atoms. The number of methoxy groups -OCH3 is 2. The molecule has 172 valence electrons. The number of benzene rings is 2. The van der Waals surface area contributed by atoms with Gasteiger partial charge in [0, 0.05) is 37.4 Å². The van der Waals surface area contributed by atoms with Crippen LogP contribution in [0.3, 0.4) is 0 Å². The summed E-state index contributed by atoms with van der Waals surface area (Å²) in [4.78, 5) is 30.3. The van der Waals surface area contributed by atoms with Crippen molar-refractivity contribution in [1.82, 2.24) is 10.2 Å². The Morgan fingerprint density at radius 1 is 0.844 bits per heavy atom. The third kappa shape index (κ3) is 5.72. The first-order valence-electron chi connectivity index (χ1n) is 11.1. The smallest absolute Gasteiger partial charge is 0.251 e. The van der Waals surface area contributed by atoms with Gasteiger partial charge < -0.3 is 24.6 Å². The molecule has 1 unspecified atom stereocenters.